The van der Waals surface area contributed by atoms with E-state index < -0.39 is 4.92 Å². The van der Waals surface area contributed by atoms with E-state index >= 15 is 0 Å². The molecule has 1 aliphatic heterocycles. The van der Waals surface area contributed by atoms with Gasteiger partial charge in [0.25, 0.3) is 11.6 Å². The Bertz CT molecular complexity index is 1000. The summed E-state index contributed by atoms with van der Waals surface area (Å²) in [7, 11) is 0. The van der Waals surface area contributed by atoms with Crippen LogP contribution in [0, 0.1) is 22.0 Å². The van der Waals surface area contributed by atoms with E-state index in [-0.39, 0.29) is 18.0 Å². The van der Waals surface area contributed by atoms with E-state index in [9.17, 15) is 10.1 Å². The molecule has 0 radical (unpaired) electrons. The van der Waals surface area contributed by atoms with Crippen LogP contribution < -0.4 is 4.74 Å². The van der Waals surface area contributed by atoms with Crippen LogP contribution >= 0.6 is 0 Å². The first kappa shape index (κ1) is 18.3. The van der Waals surface area contributed by atoms with Crippen molar-refractivity contribution in [3.63, 3.8) is 0 Å². The van der Waals surface area contributed by atoms with Crippen LogP contribution in [0.15, 0.2) is 36.9 Å². The number of ether oxygens (including phenoxy) is 2. The lowest BCUT2D eigenvalue weighted by Crippen LogP contribution is -2.15. The highest BCUT2D eigenvalue weighted by atomic mass is 16.6. The van der Waals surface area contributed by atoms with Crippen LogP contribution in [0.3, 0.4) is 0 Å². The Hall–Kier alpha value is -3.07. The van der Waals surface area contributed by atoms with Crippen LogP contribution in [0.1, 0.15) is 33.4 Å². The highest BCUT2D eigenvalue weighted by Crippen LogP contribution is 2.41. The smallest absolute Gasteiger partial charge is 0.269 e. The lowest BCUT2D eigenvalue weighted by molar-refractivity contribution is -0.384. The van der Waals surface area contributed by atoms with Gasteiger partial charge in [-0.15, -0.1) is 0 Å². The lowest BCUT2D eigenvalue weighted by Gasteiger charge is -2.18. The molecule has 0 bridgehead atoms. The summed E-state index contributed by atoms with van der Waals surface area (Å²) < 4.78 is 14.0. The first-order valence-corrected chi connectivity index (χ1v) is 9.25. The molecule has 3 aromatic rings. The number of rotatable bonds is 5. The van der Waals surface area contributed by atoms with Gasteiger partial charge in [-0.3, -0.25) is 14.7 Å². The quantitative estimate of drug-likeness (QED) is 0.482. The van der Waals surface area contributed by atoms with Gasteiger partial charge in [-0.25, -0.2) is 9.97 Å². The number of benzene rings is 1. The molecule has 3 heterocycles. The van der Waals surface area contributed by atoms with Crippen molar-refractivity contribution in [2.75, 3.05) is 0 Å². The van der Waals surface area contributed by atoms with Crippen molar-refractivity contribution in [1.29, 1.82) is 0 Å². The first-order valence-electron chi connectivity index (χ1n) is 9.25. The summed E-state index contributed by atoms with van der Waals surface area (Å²) in [6.07, 6.45) is 4.13. The minimum atomic E-state index is -0.457. The molecule has 0 amide bonds. The Morgan fingerprint density at radius 2 is 1.93 bits per heavy atom. The third kappa shape index (κ3) is 3.07. The molecule has 1 aliphatic rings. The molecule has 1 unspecified atom stereocenters. The van der Waals surface area contributed by atoms with Crippen molar-refractivity contribution >= 4 is 16.9 Å². The SMILES string of the molecule is CC[C@H]1O[C@@H](n2cnc3c(Oc4ccc([N+](=O)[O-])cc4)ncnc32)C(C)[C@H]1C. The molecule has 0 N–H and O–H groups in total. The summed E-state index contributed by atoms with van der Waals surface area (Å²) >= 11 is 0. The van der Waals surface area contributed by atoms with Gasteiger partial charge in [0, 0.05) is 18.1 Å². The van der Waals surface area contributed by atoms with E-state index in [1.807, 2.05) is 4.57 Å². The summed E-state index contributed by atoms with van der Waals surface area (Å²) in [5, 5.41) is 10.8. The maximum Gasteiger partial charge on any atom is 0.269 e. The molecule has 28 heavy (non-hydrogen) atoms. The molecule has 9 heteroatoms. The van der Waals surface area contributed by atoms with Crippen LogP contribution in [-0.2, 0) is 4.74 Å². The topological polar surface area (TPSA) is 105 Å². The molecule has 1 fully saturated rings. The van der Waals surface area contributed by atoms with E-state index in [0.717, 1.165) is 6.42 Å². The predicted molar refractivity (Wildman–Crippen MR) is 101 cm³/mol. The van der Waals surface area contributed by atoms with Crippen molar-refractivity contribution < 1.29 is 14.4 Å². The molecule has 4 rings (SSSR count). The minimum absolute atomic E-state index is 0.00331. The van der Waals surface area contributed by atoms with Gasteiger partial charge < -0.3 is 9.47 Å². The second kappa shape index (κ2) is 7.16. The zero-order valence-corrected chi connectivity index (χ0v) is 15.8. The monoisotopic (exact) mass is 383 g/mol. The number of nitro groups is 1. The molecule has 4 atom stereocenters. The van der Waals surface area contributed by atoms with Gasteiger partial charge in [-0.05, 0) is 24.5 Å². The maximum absolute atomic E-state index is 10.8. The average Bonchev–Trinajstić information content (AvgIpc) is 3.24. The maximum atomic E-state index is 10.8. The fourth-order valence-corrected chi connectivity index (χ4v) is 3.65. The van der Waals surface area contributed by atoms with Crippen molar-refractivity contribution in [1.82, 2.24) is 19.5 Å². The van der Waals surface area contributed by atoms with Gasteiger partial charge in [-0.1, -0.05) is 20.8 Å². The Kier molecular flexibility index (Phi) is 4.68. The number of hydrogen-bond donors (Lipinski definition) is 0. The molecular formula is C19H21N5O4. The van der Waals surface area contributed by atoms with Gasteiger partial charge >= 0.3 is 0 Å². The Morgan fingerprint density at radius 3 is 2.57 bits per heavy atom. The number of nitro benzene ring substituents is 1. The van der Waals surface area contributed by atoms with Gasteiger partial charge in [0.05, 0.1) is 17.4 Å². The van der Waals surface area contributed by atoms with E-state index in [1.165, 1.54) is 30.6 Å². The zero-order chi connectivity index (χ0) is 19.8. The highest BCUT2D eigenvalue weighted by Gasteiger charge is 2.39. The van der Waals surface area contributed by atoms with Crippen LogP contribution in [0.5, 0.6) is 11.6 Å². The summed E-state index contributed by atoms with van der Waals surface area (Å²) in [6.45, 7) is 6.50. The van der Waals surface area contributed by atoms with E-state index in [1.54, 1.807) is 6.33 Å². The Labute approximate surface area is 161 Å². The van der Waals surface area contributed by atoms with Crippen LogP contribution in [0.4, 0.5) is 5.69 Å². The molecule has 146 valence electrons. The van der Waals surface area contributed by atoms with E-state index in [2.05, 4.69) is 35.7 Å². The first-order chi connectivity index (χ1) is 13.5. The Morgan fingerprint density at radius 1 is 1.18 bits per heavy atom. The highest BCUT2D eigenvalue weighted by molar-refractivity contribution is 5.76. The van der Waals surface area contributed by atoms with Gasteiger partial charge in [0.2, 0.25) is 0 Å². The summed E-state index contributed by atoms with van der Waals surface area (Å²) in [5.41, 5.74) is 1.15. The number of imidazole rings is 1. The molecule has 1 saturated heterocycles. The van der Waals surface area contributed by atoms with Crippen molar-refractivity contribution in [3.8, 4) is 11.6 Å². The van der Waals surface area contributed by atoms with Crippen LogP contribution in [0.2, 0.25) is 0 Å². The molecular weight excluding hydrogens is 362 g/mol. The minimum Gasteiger partial charge on any atom is -0.437 e. The fourth-order valence-electron chi connectivity index (χ4n) is 3.65. The molecule has 1 aromatic carbocycles. The third-order valence-electron chi connectivity index (χ3n) is 5.44. The Balaban J connectivity index is 1.65. The lowest BCUT2D eigenvalue weighted by atomic mass is 9.91. The molecule has 0 aliphatic carbocycles. The van der Waals surface area contributed by atoms with E-state index in [4.69, 9.17) is 9.47 Å². The standard InChI is InChI=1S/C19H21N5O4/c1-4-15-11(2)12(3)19(28-15)23-10-22-16-17(23)20-9-21-18(16)27-14-7-5-13(6-8-14)24(25)26/h5-12,15,19H,4H2,1-3H3/t11-,12?,15-,19-/m1/s1. The van der Waals surface area contributed by atoms with Gasteiger partial charge in [0.15, 0.2) is 11.2 Å². The number of non-ortho nitro benzene ring substituents is 1. The molecule has 2 aromatic heterocycles. The summed E-state index contributed by atoms with van der Waals surface area (Å²) in [4.78, 5) is 23.3. The average molecular weight is 383 g/mol. The van der Waals surface area contributed by atoms with Crippen LogP contribution in [-0.4, -0.2) is 30.5 Å². The zero-order valence-electron chi connectivity index (χ0n) is 15.8. The third-order valence-corrected chi connectivity index (χ3v) is 5.44. The second-order valence-electron chi connectivity index (χ2n) is 7.05. The van der Waals surface area contributed by atoms with Crippen molar-refractivity contribution in [2.45, 2.75) is 39.5 Å². The summed E-state index contributed by atoms with van der Waals surface area (Å²) in [5.74, 6) is 1.48. The number of fused-ring (bicyclic) bond motifs is 1. The predicted octanol–water partition coefficient (Wildman–Crippen LogP) is 4.11. The number of nitrogens with zero attached hydrogens (tertiary/aromatic N) is 5. The normalized spacial score (nSPS) is 24.5. The van der Waals surface area contributed by atoms with Crippen molar-refractivity contribution in [3.05, 3.63) is 47.0 Å². The fraction of sp³-hybridized carbons (Fsp3) is 0.421. The molecule has 9 nitrogen and oxygen atoms in total. The second-order valence-corrected chi connectivity index (χ2v) is 7.05. The van der Waals surface area contributed by atoms with Crippen LogP contribution in [0.25, 0.3) is 11.2 Å². The van der Waals surface area contributed by atoms with E-state index in [0.29, 0.717) is 34.6 Å². The van der Waals surface area contributed by atoms with Crippen molar-refractivity contribution in [2.24, 2.45) is 11.8 Å². The largest absolute Gasteiger partial charge is 0.437 e. The molecule has 0 spiro atoms. The number of hydrogen-bond acceptors (Lipinski definition) is 7. The van der Waals surface area contributed by atoms with Gasteiger partial charge in [0.1, 0.15) is 18.3 Å². The van der Waals surface area contributed by atoms with Gasteiger partial charge in [-0.2, -0.15) is 4.98 Å². The number of aromatic nitrogens is 4. The summed E-state index contributed by atoms with van der Waals surface area (Å²) in [6, 6.07) is 5.82. The molecule has 0 saturated carbocycles.